The SMILES string of the molecule is Cc1ccnc(-n2ncc3ncccc32)c1. The lowest BCUT2D eigenvalue weighted by molar-refractivity contribution is 0.872. The van der Waals surface area contributed by atoms with Crippen LogP contribution in [0.15, 0.2) is 42.9 Å². The molecule has 0 unspecified atom stereocenters. The van der Waals surface area contributed by atoms with Crippen LogP contribution in [-0.2, 0) is 0 Å². The Hall–Kier alpha value is -2.23. The minimum Gasteiger partial charge on any atom is -0.253 e. The van der Waals surface area contributed by atoms with Gasteiger partial charge in [-0.25, -0.2) is 9.67 Å². The molecule has 0 aliphatic carbocycles. The zero-order valence-electron chi connectivity index (χ0n) is 8.83. The second-order valence-corrected chi connectivity index (χ2v) is 3.66. The summed E-state index contributed by atoms with van der Waals surface area (Å²) in [5.41, 5.74) is 3.02. The van der Waals surface area contributed by atoms with Crippen molar-refractivity contribution >= 4 is 11.0 Å². The van der Waals surface area contributed by atoms with Crippen LogP contribution in [0.25, 0.3) is 16.9 Å². The molecule has 0 radical (unpaired) electrons. The smallest absolute Gasteiger partial charge is 0.154 e. The molecule has 0 spiro atoms. The standard InChI is InChI=1S/C12H10N4/c1-9-4-6-14-12(7-9)16-11-3-2-5-13-10(11)8-15-16/h2-8H,1H3. The van der Waals surface area contributed by atoms with Gasteiger partial charge in [0.05, 0.1) is 11.7 Å². The Morgan fingerprint density at radius 2 is 2.06 bits per heavy atom. The minimum absolute atomic E-state index is 0.822. The molecular formula is C12H10N4. The number of aryl methyl sites for hydroxylation is 1. The van der Waals surface area contributed by atoms with Crippen molar-refractivity contribution in [2.45, 2.75) is 6.92 Å². The van der Waals surface area contributed by atoms with E-state index in [4.69, 9.17) is 0 Å². The number of hydrogen-bond donors (Lipinski definition) is 0. The van der Waals surface area contributed by atoms with Crippen molar-refractivity contribution in [2.24, 2.45) is 0 Å². The summed E-state index contributed by atoms with van der Waals surface area (Å²) in [7, 11) is 0. The van der Waals surface area contributed by atoms with Crippen LogP contribution in [0.5, 0.6) is 0 Å². The highest BCUT2D eigenvalue weighted by Crippen LogP contribution is 2.14. The molecule has 3 heterocycles. The highest BCUT2D eigenvalue weighted by Gasteiger charge is 2.05. The molecule has 0 N–H and O–H groups in total. The molecule has 3 aromatic heterocycles. The Morgan fingerprint density at radius 1 is 1.12 bits per heavy atom. The number of hydrogen-bond acceptors (Lipinski definition) is 3. The molecule has 4 heteroatoms. The number of rotatable bonds is 1. The zero-order valence-corrected chi connectivity index (χ0v) is 8.83. The van der Waals surface area contributed by atoms with Crippen LogP contribution in [0.4, 0.5) is 0 Å². The maximum absolute atomic E-state index is 4.30. The monoisotopic (exact) mass is 210 g/mol. The molecule has 0 aromatic carbocycles. The van der Waals surface area contributed by atoms with Crippen LogP contribution in [-0.4, -0.2) is 19.7 Å². The number of pyridine rings is 2. The first-order valence-corrected chi connectivity index (χ1v) is 5.06. The summed E-state index contributed by atoms with van der Waals surface area (Å²) in [5.74, 6) is 0.822. The lowest BCUT2D eigenvalue weighted by atomic mass is 10.3. The summed E-state index contributed by atoms with van der Waals surface area (Å²) >= 11 is 0. The Balaban J connectivity index is 2.26. The third-order valence-electron chi connectivity index (χ3n) is 2.46. The second kappa shape index (κ2) is 3.41. The van der Waals surface area contributed by atoms with E-state index >= 15 is 0 Å². The van der Waals surface area contributed by atoms with E-state index in [2.05, 4.69) is 15.1 Å². The molecule has 0 amide bonds. The van der Waals surface area contributed by atoms with Crippen LogP contribution >= 0.6 is 0 Å². The normalized spacial score (nSPS) is 10.8. The Labute approximate surface area is 92.6 Å². The second-order valence-electron chi connectivity index (χ2n) is 3.66. The summed E-state index contributed by atoms with van der Waals surface area (Å²) in [5, 5.41) is 4.30. The van der Waals surface area contributed by atoms with Gasteiger partial charge >= 0.3 is 0 Å². The van der Waals surface area contributed by atoms with Gasteiger partial charge in [0, 0.05) is 12.4 Å². The summed E-state index contributed by atoms with van der Waals surface area (Å²) < 4.78 is 1.80. The zero-order chi connectivity index (χ0) is 11.0. The molecule has 0 atom stereocenters. The van der Waals surface area contributed by atoms with Gasteiger partial charge in [-0.2, -0.15) is 5.10 Å². The molecule has 4 nitrogen and oxygen atoms in total. The first-order chi connectivity index (χ1) is 7.84. The first-order valence-electron chi connectivity index (χ1n) is 5.06. The van der Waals surface area contributed by atoms with E-state index in [9.17, 15) is 0 Å². The van der Waals surface area contributed by atoms with E-state index in [-0.39, 0.29) is 0 Å². The minimum atomic E-state index is 0.822. The topological polar surface area (TPSA) is 43.6 Å². The molecule has 0 saturated carbocycles. The molecule has 0 saturated heterocycles. The van der Waals surface area contributed by atoms with Crippen LogP contribution in [0, 0.1) is 6.92 Å². The van der Waals surface area contributed by atoms with E-state index in [1.807, 2.05) is 31.2 Å². The van der Waals surface area contributed by atoms with Gasteiger partial charge in [0.1, 0.15) is 5.52 Å². The van der Waals surface area contributed by atoms with E-state index in [1.165, 1.54) is 0 Å². The molecule has 0 aliphatic heterocycles. The van der Waals surface area contributed by atoms with Gasteiger partial charge in [-0.1, -0.05) is 0 Å². The van der Waals surface area contributed by atoms with Crippen LogP contribution in [0.2, 0.25) is 0 Å². The van der Waals surface area contributed by atoms with Crippen LogP contribution in [0.3, 0.4) is 0 Å². The summed E-state index contributed by atoms with van der Waals surface area (Å²) in [6.45, 7) is 2.04. The largest absolute Gasteiger partial charge is 0.253 e. The summed E-state index contributed by atoms with van der Waals surface area (Å²) in [4.78, 5) is 8.54. The lowest BCUT2D eigenvalue weighted by Gasteiger charge is -2.02. The molecule has 0 fully saturated rings. The fourth-order valence-corrected chi connectivity index (χ4v) is 1.68. The predicted molar refractivity (Wildman–Crippen MR) is 61.4 cm³/mol. The average Bonchev–Trinajstić information content (AvgIpc) is 2.72. The van der Waals surface area contributed by atoms with Crippen molar-refractivity contribution in [3.63, 3.8) is 0 Å². The van der Waals surface area contributed by atoms with Gasteiger partial charge in [-0.05, 0) is 36.8 Å². The average molecular weight is 210 g/mol. The fraction of sp³-hybridized carbons (Fsp3) is 0.0833. The van der Waals surface area contributed by atoms with Crippen molar-refractivity contribution in [3.8, 4) is 5.82 Å². The van der Waals surface area contributed by atoms with Gasteiger partial charge in [0.2, 0.25) is 0 Å². The Bertz CT molecular complexity index is 642. The number of nitrogens with zero attached hydrogens (tertiary/aromatic N) is 4. The molecule has 0 bridgehead atoms. The maximum atomic E-state index is 4.30. The van der Waals surface area contributed by atoms with Gasteiger partial charge in [-0.3, -0.25) is 4.98 Å². The van der Waals surface area contributed by atoms with Crippen molar-refractivity contribution in [2.75, 3.05) is 0 Å². The summed E-state index contributed by atoms with van der Waals surface area (Å²) in [6, 6.07) is 7.85. The third kappa shape index (κ3) is 1.35. The summed E-state index contributed by atoms with van der Waals surface area (Å²) in [6.07, 6.45) is 5.30. The van der Waals surface area contributed by atoms with E-state index in [0.29, 0.717) is 0 Å². The highest BCUT2D eigenvalue weighted by atomic mass is 15.3. The van der Waals surface area contributed by atoms with E-state index in [1.54, 1.807) is 23.3 Å². The number of aromatic nitrogens is 4. The van der Waals surface area contributed by atoms with Crippen molar-refractivity contribution in [1.82, 2.24) is 19.7 Å². The molecule has 0 aliphatic rings. The van der Waals surface area contributed by atoms with E-state index in [0.717, 1.165) is 22.4 Å². The highest BCUT2D eigenvalue weighted by molar-refractivity contribution is 5.75. The van der Waals surface area contributed by atoms with Crippen molar-refractivity contribution < 1.29 is 0 Å². The van der Waals surface area contributed by atoms with E-state index < -0.39 is 0 Å². The quantitative estimate of drug-likeness (QED) is 0.618. The molecule has 78 valence electrons. The first kappa shape index (κ1) is 9.03. The molecular weight excluding hydrogens is 200 g/mol. The van der Waals surface area contributed by atoms with Crippen molar-refractivity contribution in [1.29, 1.82) is 0 Å². The Morgan fingerprint density at radius 3 is 2.94 bits per heavy atom. The molecule has 16 heavy (non-hydrogen) atoms. The predicted octanol–water partition coefficient (Wildman–Crippen LogP) is 2.12. The fourth-order valence-electron chi connectivity index (χ4n) is 1.68. The maximum Gasteiger partial charge on any atom is 0.154 e. The van der Waals surface area contributed by atoms with Crippen LogP contribution < -0.4 is 0 Å². The van der Waals surface area contributed by atoms with Crippen molar-refractivity contribution in [3.05, 3.63) is 48.4 Å². The van der Waals surface area contributed by atoms with Crippen LogP contribution in [0.1, 0.15) is 5.56 Å². The Kier molecular flexibility index (Phi) is 1.93. The molecule has 3 rings (SSSR count). The van der Waals surface area contributed by atoms with Gasteiger partial charge in [-0.15, -0.1) is 0 Å². The lowest BCUT2D eigenvalue weighted by Crippen LogP contribution is -1.99. The van der Waals surface area contributed by atoms with Gasteiger partial charge in [0.25, 0.3) is 0 Å². The van der Waals surface area contributed by atoms with Gasteiger partial charge < -0.3 is 0 Å². The van der Waals surface area contributed by atoms with Gasteiger partial charge in [0.15, 0.2) is 5.82 Å². The number of fused-ring (bicyclic) bond motifs is 1. The molecule has 3 aromatic rings. The third-order valence-corrected chi connectivity index (χ3v) is 2.46.